The molecule has 3 rings (SSSR count). The maximum absolute atomic E-state index is 7.11. The summed E-state index contributed by atoms with van der Waals surface area (Å²) in [5.41, 5.74) is 0. The van der Waals surface area contributed by atoms with E-state index in [4.69, 9.17) is 11.2 Å². The maximum atomic E-state index is 7.11. The molecule has 0 fully saturated rings. The standard InChI is InChI=1S/C12H10ClPS3/c13-14(10-4-1-7-15-10,11-5-2-8-16-11)12-6-3-9-17-12/h1-9,14H. The minimum atomic E-state index is -2.19. The van der Waals surface area contributed by atoms with Crippen molar-refractivity contribution in [1.82, 2.24) is 0 Å². The fourth-order valence-corrected chi connectivity index (χ4v) is 11.8. The normalized spacial score (nSPS) is 12.8. The molecule has 0 nitrogen and oxygen atoms in total. The molecule has 0 radical (unpaired) electrons. The average molecular weight is 317 g/mol. The van der Waals surface area contributed by atoms with Crippen molar-refractivity contribution in [1.29, 1.82) is 0 Å². The Morgan fingerprint density at radius 2 is 1.06 bits per heavy atom. The van der Waals surface area contributed by atoms with E-state index in [0.29, 0.717) is 0 Å². The van der Waals surface area contributed by atoms with E-state index in [-0.39, 0.29) is 0 Å². The van der Waals surface area contributed by atoms with Crippen LogP contribution in [0.25, 0.3) is 0 Å². The molecular weight excluding hydrogens is 307 g/mol. The zero-order valence-corrected chi connectivity index (χ0v) is 13.0. The van der Waals surface area contributed by atoms with Crippen LogP contribution in [0.15, 0.2) is 52.5 Å². The van der Waals surface area contributed by atoms with Crippen LogP contribution >= 0.6 is 51.9 Å². The SMILES string of the molecule is Cl[PH](c1cccs1)(c1cccs1)c1cccs1. The van der Waals surface area contributed by atoms with Gasteiger partial charge in [-0.05, 0) is 0 Å². The second-order valence-corrected chi connectivity index (χ2v) is 12.2. The summed E-state index contributed by atoms with van der Waals surface area (Å²) >= 11 is 12.4. The molecule has 3 aromatic rings. The Hall–Kier alpha value is -0.180. The van der Waals surface area contributed by atoms with Crippen molar-refractivity contribution in [3.05, 3.63) is 52.5 Å². The van der Waals surface area contributed by atoms with Gasteiger partial charge < -0.3 is 0 Å². The average Bonchev–Trinajstić information content (AvgIpc) is 3.10. The monoisotopic (exact) mass is 316 g/mol. The van der Waals surface area contributed by atoms with Crippen LogP contribution < -0.4 is 13.9 Å². The number of rotatable bonds is 3. The van der Waals surface area contributed by atoms with E-state index in [9.17, 15) is 0 Å². The quantitative estimate of drug-likeness (QED) is 0.639. The topological polar surface area (TPSA) is 0 Å². The summed E-state index contributed by atoms with van der Waals surface area (Å²) in [6.07, 6.45) is 0. The number of halogens is 1. The molecule has 3 aromatic heterocycles. The second kappa shape index (κ2) is 4.83. The van der Waals surface area contributed by atoms with Gasteiger partial charge in [-0.25, -0.2) is 0 Å². The van der Waals surface area contributed by atoms with E-state index in [1.54, 1.807) is 34.0 Å². The van der Waals surface area contributed by atoms with Crippen molar-refractivity contribution in [2.45, 2.75) is 0 Å². The van der Waals surface area contributed by atoms with Gasteiger partial charge in [0.15, 0.2) is 0 Å². The van der Waals surface area contributed by atoms with Crippen molar-refractivity contribution in [2.75, 3.05) is 0 Å². The van der Waals surface area contributed by atoms with Gasteiger partial charge in [0, 0.05) is 0 Å². The van der Waals surface area contributed by atoms with Crippen LogP contribution in [0.1, 0.15) is 0 Å². The van der Waals surface area contributed by atoms with Crippen LogP contribution in [0.3, 0.4) is 0 Å². The summed E-state index contributed by atoms with van der Waals surface area (Å²) in [7, 11) is 0. The van der Waals surface area contributed by atoms with Crippen LogP contribution in [0.4, 0.5) is 0 Å². The van der Waals surface area contributed by atoms with Crippen molar-refractivity contribution < 1.29 is 0 Å². The third kappa shape index (κ3) is 2.00. The zero-order valence-electron chi connectivity index (χ0n) is 8.80. The van der Waals surface area contributed by atoms with E-state index in [2.05, 4.69) is 52.5 Å². The molecule has 0 N–H and O–H groups in total. The molecule has 0 saturated carbocycles. The van der Waals surface area contributed by atoms with Crippen molar-refractivity contribution in [3.63, 3.8) is 0 Å². The van der Waals surface area contributed by atoms with E-state index in [1.807, 2.05) is 0 Å². The van der Waals surface area contributed by atoms with E-state index in [0.717, 1.165) is 0 Å². The molecule has 0 aliphatic heterocycles. The van der Waals surface area contributed by atoms with Crippen LogP contribution in [0, 0.1) is 0 Å². The van der Waals surface area contributed by atoms with Gasteiger partial charge in [0.05, 0.1) is 0 Å². The first-order valence-electron chi connectivity index (χ1n) is 5.12. The van der Waals surface area contributed by atoms with Gasteiger partial charge in [0.1, 0.15) is 0 Å². The first kappa shape index (κ1) is 11.9. The van der Waals surface area contributed by atoms with Gasteiger partial charge in [-0.1, -0.05) is 0 Å². The van der Waals surface area contributed by atoms with Gasteiger partial charge in [-0.3, -0.25) is 0 Å². The molecule has 0 aliphatic rings. The number of hydrogen-bond donors (Lipinski definition) is 0. The van der Waals surface area contributed by atoms with Crippen molar-refractivity contribution >= 4 is 65.7 Å². The summed E-state index contributed by atoms with van der Waals surface area (Å²) in [5.74, 6) is 0. The van der Waals surface area contributed by atoms with Crippen LogP contribution in [-0.4, -0.2) is 0 Å². The number of thiophene rings is 3. The van der Waals surface area contributed by atoms with Gasteiger partial charge >= 0.3 is 118 Å². The van der Waals surface area contributed by atoms with Gasteiger partial charge in [-0.2, -0.15) is 0 Å². The molecule has 0 saturated heterocycles. The number of hydrogen-bond acceptors (Lipinski definition) is 3. The minimum absolute atomic E-state index is 1.32. The summed E-state index contributed by atoms with van der Waals surface area (Å²) in [5, 5.41) is 6.34. The van der Waals surface area contributed by atoms with Gasteiger partial charge in [-0.15, -0.1) is 0 Å². The Bertz CT molecular complexity index is 485. The first-order valence-corrected chi connectivity index (χ1v) is 10.8. The molecule has 3 heterocycles. The molecule has 0 amide bonds. The molecule has 0 spiro atoms. The van der Waals surface area contributed by atoms with Crippen molar-refractivity contribution in [2.24, 2.45) is 0 Å². The Morgan fingerprint density at radius 3 is 1.29 bits per heavy atom. The molecule has 0 atom stereocenters. The Labute approximate surface area is 118 Å². The predicted molar refractivity (Wildman–Crippen MR) is 86.0 cm³/mol. The summed E-state index contributed by atoms with van der Waals surface area (Å²) < 4.78 is 3.97. The van der Waals surface area contributed by atoms with Gasteiger partial charge in [0.2, 0.25) is 0 Å². The van der Waals surface area contributed by atoms with Crippen molar-refractivity contribution in [3.8, 4) is 0 Å². The van der Waals surface area contributed by atoms with Gasteiger partial charge in [0.25, 0.3) is 0 Å². The fourth-order valence-electron chi connectivity index (χ4n) is 1.79. The molecule has 5 heteroatoms. The predicted octanol–water partition coefficient (Wildman–Crippen LogP) is 4.05. The Morgan fingerprint density at radius 1 is 0.706 bits per heavy atom. The molecular formula is C12H10ClPS3. The molecule has 0 bridgehead atoms. The Balaban J connectivity index is 2.21. The molecule has 88 valence electrons. The van der Waals surface area contributed by atoms with Crippen LogP contribution in [0.2, 0.25) is 0 Å². The first-order chi connectivity index (χ1) is 8.32. The third-order valence-corrected chi connectivity index (χ3v) is 13.8. The Kier molecular flexibility index (Phi) is 3.38. The van der Waals surface area contributed by atoms with E-state index < -0.39 is 6.62 Å². The summed E-state index contributed by atoms with van der Waals surface area (Å²) in [4.78, 5) is 0. The van der Waals surface area contributed by atoms with Crippen LogP contribution in [-0.2, 0) is 0 Å². The third-order valence-electron chi connectivity index (χ3n) is 2.58. The van der Waals surface area contributed by atoms with E-state index in [1.165, 1.54) is 13.9 Å². The van der Waals surface area contributed by atoms with Crippen LogP contribution in [0.5, 0.6) is 0 Å². The molecule has 0 aliphatic carbocycles. The van der Waals surface area contributed by atoms with E-state index >= 15 is 0 Å². The fraction of sp³-hybridized carbons (Fsp3) is 0. The zero-order chi connectivity index (χ0) is 11.7. The molecule has 0 unspecified atom stereocenters. The second-order valence-electron chi connectivity index (χ2n) is 3.59. The summed E-state index contributed by atoms with van der Waals surface area (Å²) in [6, 6.07) is 12.8. The molecule has 17 heavy (non-hydrogen) atoms. The summed E-state index contributed by atoms with van der Waals surface area (Å²) in [6.45, 7) is -2.19. The molecule has 0 aromatic carbocycles.